The number of carbonyl (C=O) groups is 2. The zero-order chi connectivity index (χ0) is 34.0. The molecule has 2 atom stereocenters. The van der Waals surface area contributed by atoms with E-state index in [1.807, 2.05) is 0 Å². The van der Waals surface area contributed by atoms with Gasteiger partial charge in [-0.3, -0.25) is 9.78 Å². The van der Waals surface area contributed by atoms with E-state index in [1.165, 1.54) is 50.4 Å². The van der Waals surface area contributed by atoms with Crippen LogP contribution >= 0.6 is 23.4 Å². The number of amidine groups is 1. The molecule has 0 saturated heterocycles. The second-order valence-corrected chi connectivity index (χ2v) is 20.7. The number of aromatic nitrogens is 1. The van der Waals surface area contributed by atoms with Crippen molar-refractivity contribution in [2.75, 3.05) is 13.3 Å². The smallest absolute Gasteiger partial charge is 0.418 e. The summed E-state index contributed by atoms with van der Waals surface area (Å²) >= 11 is 6.65. The highest BCUT2D eigenvalue weighted by Crippen LogP contribution is 2.51. The van der Waals surface area contributed by atoms with Gasteiger partial charge in [-0.25, -0.2) is 23.5 Å². The molecule has 1 aromatic carbocycles. The van der Waals surface area contributed by atoms with Crippen LogP contribution in [0.4, 0.5) is 13.6 Å². The van der Waals surface area contributed by atoms with Gasteiger partial charge in [0.2, 0.25) is 0 Å². The number of carbonyl (C=O) groups excluding carboxylic acids is 1. The maximum absolute atomic E-state index is 15.7. The molecule has 0 unspecified atom stereocenters. The van der Waals surface area contributed by atoms with Crippen LogP contribution in [0.15, 0.2) is 53.7 Å². The topological polar surface area (TPSA) is 101 Å². The summed E-state index contributed by atoms with van der Waals surface area (Å²) in [5, 5.41) is 10.7. The lowest BCUT2D eigenvalue weighted by atomic mass is 9.78. The summed E-state index contributed by atoms with van der Waals surface area (Å²) in [7, 11) is -1.46. The largest absolute Gasteiger partial charge is 0.480 e. The first-order valence-corrected chi connectivity index (χ1v) is 19.2. The second kappa shape index (κ2) is 13.7. The van der Waals surface area contributed by atoms with Crippen LogP contribution in [0.3, 0.4) is 0 Å². The molecular formula is C32H40ClF2N3O5SSi. The van der Waals surface area contributed by atoms with Crippen molar-refractivity contribution >= 4 is 60.6 Å². The minimum atomic E-state index is -1.75. The third kappa shape index (κ3) is 9.02. The number of nitrogens with zero attached hydrogens (tertiary/aromatic N) is 3. The zero-order valence-electron chi connectivity index (χ0n) is 26.8. The maximum Gasteiger partial charge on any atom is 0.418 e. The number of ether oxygens (including phenoxy) is 2. The average molecular weight is 680 g/mol. The van der Waals surface area contributed by atoms with Crippen molar-refractivity contribution < 1.29 is 33.0 Å². The van der Waals surface area contributed by atoms with Gasteiger partial charge in [0.1, 0.15) is 34.3 Å². The summed E-state index contributed by atoms with van der Waals surface area (Å²) in [6, 6.07) is 7.61. The van der Waals surface area contributed by atoms with Crippen molar-refractivity contribution in [2.24, 2.45) is 4.99 Å². The average Bonchev–Trinajstić information content (AvgIpc) is 2.91. The summed E-state index contributed by atoms with van der Waals surface area (Å²) in [6.45, 7) is 18.7. The summed E-state index contributed by atoms with van der Waals surface area (Å²) in [5.74, 6) is -2.69. The van der Waals surface area contributed by atoms with Crippen LogP contribution in [0, 0.1) is 5.82 Å². The fourth-order valence-electron chi connectivity index (χ4n) is 4.28. The van der Waals surface area contributed by atoms with Crippen LogP contribution in [-0.4, -0.2) is 64.0 Å². The van der Waals surface area contributed by atoms with Gasteiger partial charge < -0.3 is 14.6 Å². The SMILES string of the molecule is C=C1[C@@](C)(C(=O)O)SC(N(COCC[Si](C)(C)C)C(=O)OC(C)(C)C)=N[C@]1(C)c1cc(/C=C(\F)c2ccc(Cl)cn2)ccc1F. The molecular weight excluding hydrogens is 640 g/mol. The van der Waals surface area contributed by atoms with E-state index in [2.05, 4.69) is 31.2 Å². The lowest BCUT2D eigenvalue weighted by Crippen LogP contribution is -2.51. The number of amides is 1. The number of rotatable bonds is 9. The van der Waals surface area contributed by atoms with E-state index in [1.54, 1.807) is 20.8 Å². The molecule has 1 aliphatic rings. The van der Waals surface area contributed by atoms with Gasteiger partial charge in [-0.1, -0.05) is 55.6 Å². The molecule has 1 aromatic heterocycles. The molecule has 2 heterocycles. The molecule has 0 saturated carbocycles. The molecule has 1 N–H and O–H groups in total. The van der Waals surface area contributed by atoms with Crippen molar-refractivity contribution in [3.63, 3.8) is 0 Å². The third-order valence-electron chi connectivity index (χ3n) is 7.03. The lowest BCUT2D eigenvalue weighted by Gasteiger charge is -2.43. The highest BCUT2D eigenvalue weighted by Gasteiger charge is 2.53. The van der Waals surface area contributed by atoms with Crippen LogP contribution in [0.5, 0.6) is 0 Å². The first kappa shape index (κ1) is 36.4. The van der Waals surface area contributed by atoms with Gasteiger partial charge in [0.25, 0.3) is 0 Å². The van der Waals surface area contributed by atoms with E-state index in [0.29, 0.717) is 11.6 Å². The summed E-state index contributed by atoms with van der Waals surface area (Å²) in [4.78, 5) is 36.1. The maximum atomic E-state index is 15.7. The molecule has 45 heavy (non-hydrogen) atoms. The standard InChI is InChI=1S/C32H40ClF2N3O5SSi/c1-20-31(5,23-16-21(10-12-24(23)34)17-25(35)26-13-11-22(33)18-36-26)37-28(44-32(20,6)27(39)40)38(29(41)43-30(2,3)4)19-42-14-15-45(7,8)9/h10-13,16-18H,1,14-15,19H2,2-9H3,(H,39,40)/b25-17-/t31-,32-/m0/s1. The van der Waals surface area contributed by atoms with E-state index in [9.17, 15) is 14.7 Å². The fraction of sp³-hybridized carbons (Fsp3) is 0.438. The highest BCUT2D eigenvalue weighted by atomic mass is 35.5. The predicted molar refractivity (Wildman–Crippen MR) is 179 cm³/mol. The Kier molecular flexibility index (Phi) is 11.1. The van der Waals surface area contributed by atoms with Crippen molar-refractivity contribution in [3.05, 3.63) is 76.3 Å². The first-order chi connectivity index (χ1) is 20.7. The Morgan fingerprint density at radius 2 is 1.87 bits per heavy atom. The number of pyridine rings is 1. The monoisotopic (exact) mass is 679 g/mol. The number of thioether (sulfide) groups is 1. The second-order valence-electron chi connectivity index (χ2n) is 13.2. The van der Waals surface area contributed by atoms with Crippen LogP contribution in [0.2, 0.25) is 30.7 Å². The number of carboxylic acids is 1. The molecule has 2 aromatic rings. The van der Waals surface area contributed by atoms with Crippen molar-refractivity contribution in [1.29, 1.82) is 0 Å². The lowest BCUT2D eigenvalue weighted by molar-refractivity contribution is -0.138. The Labute approximate surface area is 273 Å². The first-order valence-electron chi connectivity index (χ1n) is 14.3. The molecule has 0 fully saturated rings. The minimum Gasteiger partial charge on any atom is -0.480 e. The van der Waals surface area contributed by atoms with Crippen molar-refractivity contribution in [2.45, 2.75) is 76.2 Å². The van der Waals surface area contributed by atoms with E-state index < -0.39 is 47.7 Å². The summed E-state index contributed by atoms with van der Waals surface area (Å²) in [6.07, 6.45) is 1.67. The van der Waals surface area contributed by atoms with Crippen molar-refractivity contribution in [1.82, 2.24) is 9.88 Å². The molecule has 244 valence electrons. The number of halogens is 3. The van der Waals surface area contributed by atoms with Gasteiger partial charge in [-0.2, -0.15) is 0 Å². The van der Waals surface area contributed by atoms with Crippen LogP contribution in [0.1, 0.15) is 51.4 Å². The van der Waals surface area contributed by atoms with Crippen molar-refractivity contribution in [3.8, 4) is 0 Å². The Balaban J connectivity index is 2.16. The Morgan fingerprint density at radius 1 is 1.20 bits per heavy atom. The number of aliphatic imine (C=N–C) groups is 1. The molecule has 0 bridgehead atoms. The summed E-state index contributed by atoms with van der Waals surface area (Å²) < 4.78 is 40.5. The van der Waals surface area contributed by atoms with E-state index in [4.69, 9.17) is 26.1 Å². The summed E-state index contributed by atoms with van der Waals surface area (Å²) in [5.41, 5.74) is -2.30. The molecule has 13 heteroatoms. The number of benzene rings is 1. The highest BCUT2D eigenvalue weighted by molar-refractivity contribution is 8.15. The van der Waals surface area contributed by atoms with Gasteiger partial charge in [0.05, 0.1) is 10.7 Å². The predicted octanol–water partition coefficient (Wildman–Crippen LogP) is 8.61. The molecule has 1 aliphatic heterocycles. The zero-order valence-corrected chi connectivity index (χ0v) is 29.4. The number of hydrogen-bond acceptors (Lipinski definition) is 7. The quantitative estimate of drug-likeness (QED) is 0.123. The molecule has 1 amide bonds. The molecule has 3 rings (SSSR count). The van der Waals surface area contributed by atoms with Gasteiger partial charge in [0.15, 0.2) is 5.17 Å². The molecule has 8 nitrogen and oxygen atoms in total. The van der Waals surface area contributed by atoms with E-state index in [-0.39, 0.29) is 34.3 Å². The Morgan fingerprint density at radius 3 is 2.42 bits per heavy atom. The molecule has 0 aliphatic carbocycles. The Hall–Kier alpha value is -3.06. The Bertz CT molecular complexity index is 1520. The molecule has 0 spiro atoms. The molecule has 0 radical (unpaired) electrons. The normalized spacial score (nSPS) is 20.9. The number of aliphatic carboxylic acids is 1. The van der Waals surface area contributed by atoms with E-state index in [0.717, 1.165) is 28.8 Å². The fourth-order valence-corrected chi connectivity index (χ4v) is 6.39. The van der Waals surface area contributed by atoms with Gasteiger partial charge in [-0.15, -0.1) is 0 Å². The number of carboxylic acid groups (broad SMARTS) is 1. The minimum absolute atomic E-state index is 0.0239. The van der Waals surface area contributed by atoms with Crippen LogP contribution in [-0.2, 0) is 19.8 Å². The van der Waals surface area contributed by atoms with E-state index >= 15 is 8.78 Å². The van der Waals surface area contributed by atoms with Gasteiger partial charge in [0, 0.05) is 26.4 Å². The number of hydrogen-bond donors (Lipinski definition) is 1. The van der Waals surface area contributed by atoms with Gasteiger partial charge in [-0.05, 0) is 82.1 Å². The third-order valence-corrected chi connectivity index (χ3v) is 10.3. The van der Waals surface area contributed by atoms with Crippen LogP contribution in [0.25, 0.3) is 11.9 Å². The van der Waals surface area contributed by atoms with Gasteiger partial charge >= 0.3 is 12.1 Å². The van der Waals surface area contributed by atoms with Crippen LogP contribution < -0.4 is 0 Å².